The minimum Gasteiger partial charge on any atom is -0.301 e. The summed E-state index contributed by atoms with van der Waals surface area (Å²) in [5.74, 6) is -0.734. The summed E-state index contributed by atoms with van der Waals surface area (Å²) in [6.07, 6.45) is -4.84. The molecule has 0 spiro atoms. The topological polar surface area (TPSA) is 88.2 Å². The lowest BCUT2D eigenvalue weighted by molar-refractivity contribution is -0.139. The van der Waals surface area contributed by atoms with E-state index in [1.165, 1.54) is 13.0 Å². The third-order valence-electron chi connectivity index (χ3n) is 3.06. The normalized spacial score (nSPS) is 13.5. The van der Waals surface area contributed by atoms with Gasteiger partial charge in [0.2, 0.25) is 15.9 Å². The standard InChI is InChI=1S/C14H14F3N3O3S2/c1-8-7-24-13(18-8)19-12(21)9(2)20-25(22,23)11-6-4-3-5-10(11)14(15,16)17/h3-7,9,20H,1-2H3,(H,18,19,21)/t9-/m0/s1. The number of nitrogens with zero attached hydrogens (tertiary/aromatic N) is 1. The van der Waals surface area contributed by atoms with Gasteiger partial charge in [0.25, 0.3) is 0 Å². The van der Waals surface area contributed by atoms with Crippen LogP contribution in [-0.2, 0) is 21.0 Å². The molecule has 136 valence electrons. The molecule has 2 rings (SSSR count). The maximum Gasteiger partial charge on any atom is 0.417 e. The Labute approximate surface area is 146 Å². The van der Waals surface area contributed by atoms with E-state index < -0.39 is 38.6 Å². The number of anilines is 1. The van der Waals surface area contributed by atoms with Gasteiger partial charge in [-0.3, -0.25) is 4.79 Å². The highest BCUT2D eigenvalue weighted by Crippen LogP contribution is 2.33. The molecule has 0 saturated carbocycles. The number of alkyl halides is 3. The predicted molar refractivity (Wildman–Crippen MR) is 86.7 cm³/mol. The molecule has 0 aliphatic heterocycles. The lowest BCUT2D eigenvalue weighted by atomic mass is 10.2. The fourth-order valence-electron chi connectivity index (χ4n) is 1.91. The van der Waals surface area contributed by atoms with E-state index in [1.807, 2.05) is 4.72 Å². The summed E-state index contributed by atoms with van der Waals surface area (Å²) >= 11 is 1.15. The lowest BCUT2D eigenvalue weighted by Gasteiger charge is -2.16. The first kappa shape index (κ1) is 19.3. The monoisotopic (exact) mass is 393 g/mol. The Morgan fingerprint density at radius 3 is 2.48 bits per heavy atom. The number of amides is 1. The van der Waals surface area contributed by atoms with Crippen LogP contribution in [0.2, 0.25) is 0 Å². The molecule has 6 nitrogen and oxygen atoms in total. The van der Waals surface area contributed by atoms with Crippen molar-refractivity contribution in [3.63, 3.8) is 0 Å². The van der Waals surface area contributed by atoms with Crippen molar-refractivity contribution in [1.29, 1.82) is 0 Å². The molecule has 0 radical (unpaired) electrons. The van der Waals surface area contributed by atoms with Crippen LogP contribution in [-0.4, -0.2) is 25.4 Å². The highest BCUT2D eigenvalue weighted by Gasteiger charge is 2.37. The van der Waals surface area contributed by atoms with E-state index in [4.69, 9.17) is 0 Å². The fourth-order valence-corrected chi connectivity index (χ4v) is 4.03. The van der Waals surface area contributed by atoms with Crippen molar-refractivity contribution in [3.05, 3.63) is 40.9 Å². The zero-order valence-corrected chi connectivity index (χ0v) is 14.7. The molecular weight excluding hydrogens is 379 g/mol. The molecule has 0 bridgehead atoms. The van der Waals surface area contributed by atoms with Crippen LogP contribution in [0.15, 0.2) is 34.5 Å². The van der Waals surface area contributed by atoms with Crippen LogP contribution < -0.4 is 10.0 Å². The Bertz CT molecular complexity index is 879. The number of aryl methyl sites for hydroxylation is 1. The number of aromatic nitrogens is 1. The smallest absolute Gasteiger partial charge is 0.301 e. The minimum atomic E-state index is -4.84. The molecule has 0 aliphatic rings. The summed E-state index contributed by atoms with van der Waals surface area (Å²) in [7, 11) is -4.55. The predicted octanol–water partition coefficient (Wildman–Crippen LogP) is 2.78. The first-order valence-corrected chi connectivity index (χ1v) is 9.28. The minimum absolute atomic E-state index is 0.268. The second-order valence-corrected chi connectivity index (χ2v) is 7.66. The Kier molecular flexibility index (Phi) is 5.49. The largest absolute Gasteiger partial charge is 0.417 e. The van der Waals surface area contributed by atoms with E-state index >= 15 is 0 Å². The highest BCUT2D eigenvalue weighted by atomic mass is 32.2. The number of hydrogen-bond donors (Lipinski definition) is 2. The number of carbonyl (C=O) groups excluding carboxylic acids is 1. The van der Waals surface area contributed by atoms with Crippen LogP contribution in [0.25, 0.3) is 0 Å². The van der Waals surface area contributed by atoms with Gasteiger partial charge in [-0.15, -0.1) is 11.3 Å². The van der Waals surface area contributed by atoms with E-state index in [0.717, 1.165) is 23.5 Å². The van der Waals surface area contributed by atoms with Crippen molar-refractivity contribution in [3.8, 4) is 0 Å². The third kappa shape index (κ3) is 4.77. The zero-order valence-electron chi connectivity index (χ0n) is 13.1. The SMILES string of the molecule is Cc1csc(NC(=O)[C@H](C)NS(=O)(=O)c2ccccc2C(F)(F)F)n1. The molecule has 25 heavy (non-hydrogen) atoms. The number of carbonyl (C=O) groups is 1. The van der Waals surface area contributed by atoms with Gasteiger partial charge in [0.05, 0.1) is 22.2 Å². The molecule has 2 aromatic rings. The molecule has 1 amide bonds. The molecule has 1 heterocycles. The van der Waals surface area contributed by atoms with Crippen LogP contribution in [0.4, 0.5) is 18.3 Å². The molecule has 1 aromatic carbocycles. The van der Waals surface area contributed by atoms with Crippen molar-refractivity contribution in [2.24, 2.45) is 0 Å². The van der Waals surface area contributed by atoms with E-state index in [9.17, 15) is 26.4 Å². The van der Waals surface area contributed by atoms with Crippen molar-refractivity contribution in [2.45, 2.75) is 31.0 Å². The van der Waals surface area contributed by atoms with Gasteiger partial charge >= 0.3 is 6.18 Å². The number of rotatable bonds is 5. The van der Waals surface area contributed by atoms with Gasteiger partial charge in [0.1, 0.15) is 0 Å². The quantitative estimate of drug-likeness (QED) is 0.818. The Morgan fingerprint density at radius 1 is 1.28 bits per heavy atom. The average molecular weight is 393 g/mol. The maximum atomic E-state index is 13.0. The number of sulfonamides is 1. The molecule has 0 aliphatic carbocycles. The van der Waals surface area contributed by atoms with Crippen molar-refractivity contribution < 1.29 is 26.4 Å². The van der Waals surface area contributed by atoms with E-state index in [1.54, 1.807) is 12.3 Å². The van der Waals surface area contributed by atoms with Crippen LogP contribution >= 0.6 is 11.3 Å². The summed E-state index contributed by atoms with van der Waals surface area (Å²) in [5, 5.41) is 4.35. The Morgan fingerprint density at radius 2 is 1.92 bits per heavy atom. The van der Waals surface area contributed by atoms with Crippen LogP contribution in [0.1, 0.15) is 18.2 Å². The summed E-state index contributed by atoms with van der Waals surface area (Å²) in [6, 6.07) is 2.46. The first-order valence-electron chi connectivity index (χ1n) is 6.92. The van der Waals surface area contributed by atoms with E-state index in [-0.39, 0.29) is 5.13 Å². The van der Waals surface area contributed by atoms with Gasteiger partial charge in [-0.2, -0.15) is 17.9 Å². The summed E-state index contributed by atoms with van der Waals surface area (Å²) in [5.41, 5.74) is -0.627. The van der Waals surface area contributed by atoms with E-state index in [0.29, 0.717) is 11.8 Å². The van der Waals surface area contributed by atoms with Gasteiger partial charge in [0.15, 0.2) is 5.13 Å². The molecule has 11 heteroatoms. The van der Waals surface area contributed by atoms with Crippen LogP contribution in [0.5, 0.6) is 0 Å². The first-order chi connectivity index (χ1) is 11.5. The molecule has 0 unspecified atom stereocenters. The third-order valence-corrected chi connectivity index (χ3v) is 5.53. The Hall–Kier alpha value is -1.98. The summed E-state index contributed by atoms with van der Waals surface area (Å²) in [4.78, 5) is 15.1. The van der Waals surface area contributed by atoms with Gasteiger partial charge in [-0.1, -0.05) is 12.1 Å². The van der Waals surface area contributed by atoms with Gasteiger partial charge in [-0.05, 0) is 26.0 Å². The molecule has 2 N–H and O–H groups in total. The van der Waals surface area contributed by atoms with Crippen molar-refractivity contribution >= 4 is 32.4 Å². The highest BCUT2D eigenvalue weighted by molar-refractivity contribution is 7.89. The maximum absolute atomic E-state index is 13.0. The molecule has 1 aromatic heterocycles. The fraction of sp³-hybridized carbons (Fsp3) is 0.286. The molecule has 1 atom stereocenters. The zero-order chi connectivity index (χ0) is 18.8. The van der Waals surface area contributed by atoms with Crippen LogP contribution in [0.3, 0.4) is 0 Å². The van der Waals surface area contributed by atoms with Gasteiger partial charge < -0.3 is 5.32 Å². The molecule has 0 saturated heterocycles. The number of halogens is 3. The van der Waals surface area contributed by atoms with Crippen molar-refractivity contribution in [2.75, 3.05) is 5.32 Å². The summed E-state index contributed by atoms with van der Waals surface area (Å²) < 4.78 is 65.4. The lowest BCUT2D eigenvalue weighted by Crippen LogP contribution is -2.42. The number of nitrogens with one attached hydrogen (secondary N) is 2. The number of benzene rings is 1. The molecular formula is C14H14F3N3O3S2. The Balaban J connectivity index is 2.20. The van der Waals surface area contributed by atoms with Crippen molar-refractivity contribution in [1.82, 2.24) is 9.71 Å². The second-order valence-electron chi connectivity index (χ2n) is 5.12. The second kappa shape index (κ2) is 7.10. The van der Waals surface area contributed by atoms with Gasteiger partial charge in [-0.25, -0.2) is 13.4 Å². The van der Waals surface area contributed by atoms with E-state index in [2.05, 4.69) is 10.3 Å². The van der Waals surface area contributed by atoms with Crippen LogP contribution in [0, 0.1) is 6.92 Å². The molecule has 0 fully saturated rings. The average Bonchev–Trinajstić information content (AvgIpc) is 2.91. The van der Waals surface area contributed by atoms with Gasteiger partial charge in [0, 0.05) is 5.38 Å². The summed E-state index contributed by atoms with van der Waals surface area (Å²) in [6.45, 7) is 2.94. The number of thiazole rings is 1. The number of hydrogen-bond acceptors (Lipinski definition) is 5.